The number of anilines is 3. The third-order valence-corrected chi connectivity index (χ3v) is 12.0. The Bertz CT molecular complexity index is 3580. The maximum absolute atomic E-state index is 6.54. The zero-order chi connectivity index (χ0) is 38.2. The zero-order valence-electron chi connectivity index (χ0n) is 31.6. The summed E-state index contributed by atoms with van der Waals surface area (Å²) < 4.78 is 6.54. The summed E-state index contributed by atoms with van der Waals surface area (Å²) in [6.07, 6.45) is 0. The van der Waals surface area contributed by atoms with Crippen LogP contribution in [-0.2, 0) is 0 Å². The summed E-state index contributed by atoms with van der Waals surface area (Å²) in [5, 5.41) is 14.5. The van der Waals surface area contributed by atoms with Crippen LogP contribution in [0.5, 0.6) is 0 Å². The molecule has 0 unspecified atom stereocenters. The highest BCUT2D eigenvalue weighted by Gasteiger charge is 2.21. The fraction of sp³-hybridized carbons (Fsp3) is 0. The van der Waals surface area contributed by atoms with Crippen molar-refractivity contribution < 1.29 is 4.42 Å². The fourth-order valence-electron chi connectivity index (χ4n) is 9.21. The lowest BCUT2D eigenvalue weighted by Crippen LogP contribution is -2.11. The van der Waals surface area contributed by atoms with Crippen LogP contribution in [0.3, 0.4) is 0 Å². The minimum Gasteiger partial charge on any atom is -0.455 e. The Morgan fingerprint density at radius 2 is 0.845 bits per heavy atom. The van der Waals surface area contributed by atoms with E-state index in [4.69, 9.17) is 4.42 Å². The lowest BCUT2D eigenvalue weighted by atomic mass is 9.96. The average molecular weight is 738 g/mol. The van der Waals surface area contributed by atoms with Crippen molar-refractivity contribution in [1.82, 2.24) is 0 Å². The molecule has 58 heavy (non-hydrogen) atoms. The van der Waals surface area contributed by atoms with Crippen molar-refractivity contribution in [3.8, 4) is 22.3 Å². The number of rotatable bonds is 5. The highest BCUT2D eigenvalue weighted by atomic mass is 16.3. The lowest BCUT2D eigenvalue weighted by Gasteiger charge is -2.29. The van der Waals surface area contributed by atoms with Gasteiger partial charge in [-0.15, -0.1) is 0 Å². The molecule has 0 aliphatic heterocycles. The van der Waals surface area contributed by atoms with Crippen molar-refractivity contribution in [3.63, 3.8) is 0 Å². The molecule has 0 aliphatic rings. The monoisotopic (exact) mass is 737 g/mol. The van der Waals surface area contributed by atoms with Gasteiger partial charge in [0, 0.05) is 32.8 Å². The van der Waals surface area contributed by atoms with Gasteiger partial charge in [-0.3, -0.25) is 0 Å². The van der Waals surface area contributed by atoms with Crippen LogP contribution in [0.2, 0.25) is 0 Å². The van der Waals surface area contributed by atoms with Gasteiger partial charge in [-0.25, -0.2) is 0 Å². The summed E-state index contributed by atoms with van der Waals surface area (Å²) in [6.45, 7) is 0. The maximum Gasteiger partial charge on any atom is 0.143 e. The van der Waals surface area contributed by atoms with E-state index in [0.717, 1.165) is 55.5 Å². The smallest absolute Gasteiger partial charge is 0.143 e. The molecule has 12 aromatic rings. The van der Waals surface area contributed by atoms with Crippen molar-refractivity contribution in [2.45, 2.75) is 0 Å². The van der Waals surface area contributed by atoms with Gasteiger partial charge in [-0.1, -0.05) is 164 Å². The summed E-state index contributed by atoms with van der Waals surface area (Å²) in [5.41, 5.74) is 9.80. The molecule has 0 N–H and O–H groups in total. The molecule has 270 valence electrons. The quantitative estimate of drug-likeness (QED) is 0.164. The summed E-state index contributed by atoms with van der Waals surface area (Å²) in [4.78, 5) is 2.44. The van der Waals surface area contributed by atoms with Crippen molar-refractivity contribution >= 4 is 92.9 Å². The molecular weight excluding hydrogens is 703 g/mol. The minimum atomic E-state index is 0.892. The van der Waals surface area contributed by atoms with Gasteiger partial charge in [0.25, 0.3) is 0 Å². The summed E-state index contributed by atoms with van der Waals surface area (Å²) in [6, 6.07) is 77.2. The second kappa shape index (κ2) is 12.9. The lowest BCUT2D eigenvalue weighted by molar-refractivity contribution is 0.672. The van der Waals surface area contributed by atoms with E-state index in [2.05, 4.69) is 217 Å². The van der Waals surface area contributed by atoms with Crippen LogP contribution >= 0.6 is 0 Å². The van der Waals surface area contributed by atoms with Crippen LogP contribution in [0.4, 0.5) is 17.1 Å². The highest BCUT2D eigenvalue weighted by molar-refractivity contribution is 6.16. The highest BCUT2D eigenvalue weighted by Crippen LogP contribution is 2.46. The number of nitrogens with zero attached hydrogens (tertiary/aromatic N) is 1. The van der Waals surface area contributed by atoms with E-state index >= 15 is 0 Å². The number of hydrogen-bond acceptors (Lipinski definition) is 2. The second-order valence-electron chi connectivity index (χ2n) is 15.3. The molecule has 0 saturated heterocycles. The Kier molecular flexibility index (Phi) is 7.26. The predicted octanol–water partition coefficient (Wildman–Crippen LogP) is 16.2. The van der Waals surface area contributed by atoms with Crippen LogP contribution in [0.25, 0.3) is 98.1 Å². The Morgan fingerprint density at radius 3 is 1.66 bits per heavy atom. The number of hydrogen-bond donors (Lipinski definition) is 0. The topological polar surface area (TPSA) is 16.4 Å². The Morgan fingerprint density at radius 1 is 0.293 bits per heavy atom. The van der Waals surface area contributed by atoms with Gasteiger partial charge in [0.15, 0.2) is 0 Å². The molecule has 11 aromatic carbocycles. The molecule has 0 atom stereocenters. The molecule has 0 fully saturated rings. The average Bonchev–Trinajstić information content (AvgIpc) is 3.68. The number of furan rings is 1. The molecule has 0 spiro atoms. The molecule has 1 aromatic heterocycles. The molecule has 12 rings (SSSR count). The van der Waals surface area contributed by atoms with Gasteiger partial charge in [0.2, 0.25) is 0 Å². The Labute approximate surface area is 335 Å². The second-order valence-corrected chi connectivity index (χ2v) is 15.3. The van der Waals surface area contributed by atoms with Gasteiger partial charge >= 0.3 is 0 Å². The van der Waals surface area contributed by atoms with Gasteiger partial charge in [0.1, 0.15) is 11.2 Å². The molecule has 0 amide bonds. The minimum absolute atomic E-state index is 0.892. The third kappa shape index (κ3) is 5.12. The molecule has 2 heteroatoms. The number of fused-ring (bicyclic) bond motifs is 11. The van der Waals surface area contributed by atoms with E-state index in [1.54, 1.807) is 0 Å². The zero-order valence-corrected chi connectivity index (χ0v) is 31.6. The van der Waals surface area contributed by atoms with Crippen LogP contribution in [0, 0.1) is 0 Å². The SMILES string of the molecule is c1ccc(N(c2ccc(-c3ccc4c(ccc5ccccc54)c3)cc2)c2cccc3c2ccc2ccccc23)c(-c2ccc3oc4c5ccccc5ccc4c3c2)c1. The van der Waals surface area contributed by atoms with Crippen molar-refractivity contribution in [1.29, 1.82) is 0 Å². The van der Waals surface area contributed by atoms with Gasteiger partial charge in [0.05, 0.1) is 11.4 Å². The molecule has 0 saturated carbocycles. The van der Waals surface area contributed by atoms with Crippen LogP contribution in [0.1, 0.15) is 0 Å². The van der Waals surface area contributed by atoms with E-state index in [-0.39, 0.29) is 0 Å². The molecule has 1 heterocycles. The molecule has 0 radical (unpaired) electrons. The first kappa shape index (κ1) is 32.6. The molecule has 0 bridgehead atoms. The third-order valence-electron chi connectivity index (χ3n) is 12.0. The van der Waals surface area contributed by atoms with E-state index in [9.17, 15) is 0 Å². The van der Waals surface area contributed by atoms with Gasteiger partial charge in [-0.05, 0) is 108 Å². The Hall–Kier alpha value is -7.68. The molecule has 2 nitrogen and oxygen atoms in total. The van der Waals surface area contributed by atoms with E-state index in [1.165, 1.54) is 59.6 Å². The van der Waals surface area contributed by atoms with E-state index in [1.807, 2.05) is 0 Å². The predicted molar refractivity (Wildman–Crippen MR) is 247 cm³/mol. The molecule has 0 aliphatic carbocycles. The first-order chi connectivity index (χ1) is 28.7. The van der Waals surface area contributed by atoms with Gasteiger partial charge in [-0.2, -0.15) is 0 Å². The largest absolute Gasteiger partial charge is 0.455 e. The van der Waals surface area contributed by atoms with E-state index in [0.29, 0.717) is 0 Å². The number of para-hydroxylation sites is 1. The first-order valence-corrected chi connectivity index (χ1v) is 19.9. The Balaban J connectivity index is 1.04. The standard InChI is InChI=1S/C56H35NO/c1-4-13-44-37(10-1)20-21-41-34-40(26-30-46(41)44)36-22-28-43(29-23-36)57(54-19-9-17-49-45-14-5-2-11-38(45)24-31-50(49)54)53-18-8-7-15-47(53)42-27-33-55-52(35-42)51-32-25-39-12-3-6-16-48(39)56(51)58-55/h1-35H. The fourth-order valence-corrected chi connectivity index (χ4v) is 9.21. The summed E-state index contributed by atoms with van der Waals surface area (Å²) in [7, 11) is 0. The molecular formula is C56H35NO. The van der Waals surface area contributed by atoms with Crippen LogP contribution in [-0.4, -0.2) is 0 Å². The van der Waals surface area contributed by atoms with Crippen molar-refractivity contribution in [2.75, 3.05) is 4.90 Å². The maximum atomic E-state index is 6.54. The normalized spacial score (nSPS) is 11.8. The van der Waals surface area contributed by atoms with Crippen molar-refractivity contribution in [2.24, 2.45) is 0 Å². The van der Waals surface area contributed by atoms with Crippen LogP contribution in [0.15, 0.2) is 217 Å². The number of benzene rings is 11. The van der Waals surface area contributed by atoms with Crippen molar-refractivity contribution in [3.05, 3.63) is 212 Å². The van der Waals surface area contributed by atoms with Crippen LogP contribution < -0.4 is 4.90 Å². The van der Waals surface area contributed by atoms with Gasteiger partial charge < -0.3 is 9.32 Å². The first-order valence-electron chi connectivity index (χ1n) is 19.9. The van der Waals surface area contributed by atoms with E-state index < -0.39 is 0 Å². The summed E-state index contributed by atoms with van der Waals surface area (Å²) in [5.74, 6) is 0. The summed E-state index contributed by atoms with van der Waals surface area (Å²) >= 11 is 0.